The van der Waals surface area contributed by atoms with E-state index in [0.717, 1.165) is 6.42 Å². The average molecular weight is 324 g/mol. The molecule has 1 aliphatic rings. The number of aliphatic hydroxyl groups is 2. The summed E-state index contributed by atoms with van der Waals surface area (Å²) in [5, 5.41) is 20.0. The summed E-state index contributed by atoms with van der Waals surface area (Å²) in [5.41, 5.74) is 0.343. The quantitative estimate of drug-likeness (QED) is 0.789. The molecule has 1 aromatic rings. The van der Waals surface area contributed by atoms with Gasteiger partial charge >= 0.3 is 0 Å². The van der Waals surface area contributed by atoms with E-state index in [-0.39, 0.29) is 25.0 Å². The van der Waals surface area contributed by atoms with Crippen LogP contribution in [0.15, 0.2) is 18.3 Å². The first-order valence-corrected chi connectivity index (χ1v) is 7.92. The smallest absolute Gasteiger partial charge is 0.259 e. The fourth-order valence-corrected chi connectivity index (χ4v) is 2.66. The number of nitrogens with zero attached hydrogens (tertiary/aromatic N) is 2. The maximum Gasteiger partial charge on any atom is 0.259 e. The van der Waals surface area contributed by atoms with Gasteiger partial charge < -0.3 is 24.6 Å². The molecule has 0 radical (unpaired) electrons. The van der Waals surface area contributed by atoms with E-state index >= 15 is 0 Å². The van der Waals surface area contributed by atoms with E-state index in [4.69, 9.17) is 9.47 Å². The van der Waals surface area contributed by atoms with Crippen molar-refractivity contribution in [2.24, 2.45) is 0 Å². The molecule has 0 saturated carbocycles. The Morgan fingerprint density at radius 3 is 2.91 bits per heavy atom. The van der Waals surface area contributed by atoms with E-state index in [1.165, 1.54) is 4.90 Å². The zero-order chi connectivity index (χ0) is 16.8. The number of carbonyl (C=O) groups is 1. The van der Waals surface area contributed by atoms with Crippen LogP contribution >= 0.6 is 0 Å². The van der Waals surface area contributed by atoms with E-state index in [2.05, 4.69) is 4.98 Å². The minimum Gasteiger partial charge on any atom is -0.477 e. The number of aromatic nitrogens is 1. The summed E-state index contributed by atoms with van der Waals surface area (Å²) in [4.78, 5) is 18.6. The van der Waals surface area contributed by atoms with Crippen molar-refractivity contribution in [3.05, 3.63) is 23.9 Å². The van der Waals surface area contributed by atoms with E-state index in [1.54, 1.807) is 18.3 Å². The lowest BCUT2D eigenvalue weighted by molar-refractivity contribution is -0.125. The zero-order valence-corrected chi connectivity index (χ0v) is 13.5. The molecule has 0 bridgehead atoms. The lowest BCUT2D eigenvalue weighted by atomic mass is 10.0. The fourth-order valence-electron chi connectivity index (χ4n) is 2.66. The van der Waals surface area contributed by atoms with Gasteiger partial charge in [0.2, 0.25) is 5.88 Å². The van der Waals surface area contributed by atoms with E-state index in [9.17, 15) is 15.0 Å². The second-order valence-electron chi connectivity index (χ2n) is 5.45. The van der Waals surface area contributed by atoms with Gasteiger partial charge in [-0.05, 0) is 25.5 Å². The highest BCUT2D eigenvalue weighted by Crippen LogP contribution is 2.22. The van der Waals surface area contributed by atoms with Gasteiger partial charge in [0, 0.05) is 12.7 Å². The molecule has 1 aromatic heterocycles. The summed E-state index contributed by atoms with van der Waals surface area (Å²) in [5.74, 6) is -0.0157. The Morgan fingerprint density at radius 2 is 2.22 bits per heavy atom. The lowest BCUT2D eigenvalue weighted by Gasteiger charge is -2.39. The third kappa shape index (κ3) is 3.99. The Morgan fingerprint density at radius 1 is 1.43 bits per heavy atom. The summed E-state index contributed by atoms with van der Waals surface area (Å²) in [6.07, 6.45) is 0.247. The Balaban J connectivity index is 2.28. The van der Waals surface area contributed by atoms with Crippen LogP contribution in [0.2, 0.25) is 0 Å². The monoisotopic (exact) mass is 324 g/mol. The Labute approximate surface area is 135 Å². The van der Waals surface area contributed by atoms with Crippen LogP contribution in [-0.2, 0) is 4.74 Å². The molecule has 0 aliphatic carbocycles. The van der Waals surface area contributed by atoms with E-state index in [1.807, 2.05) is 13.8 Å². The van der Waals surface area contributed by atoms with Gasteiger partial charge in [0.05, 0.1) is 25.9 Å². The molecule has 128 valence electrons. The van der Waals surface area contributed by atoms with Gasteiger partial charge in [-0.3, -0.25) is 4.79 Å². The molecule has 3 atom stereocenters. The molecule has 2 rings (SSSR count). The molecule has 1 fully saturated rings. The number of hydrogen-bond acceptors (Lipinski definition) is 6. The van der Waals surface area contributed by atoms with Gasteiger partial charge in [0.15, 0.2) is 0 Å². The van der Waals surface area contributed by atoms with Gasteiger partial charge in [-0.25, -0.2) is 4.98 Å². The molecule has 0 spiro atoms. The molecular formula is C16H24N2O5. The molecule has 1 saturated heterocycles. The van der Waals surface area contributed by atoms with Crippen molar-refractivity contribution >= 4 is 5.91 Å². The number of carbonyl (C=O) groups excluding carboxylic acids is 1. The molecule has 2 heterocycles. The molecule has 7 heteroatoms. The minimum atomic E-state index is -1.04. The lowest BCUT2D eigenvalue weighted by Crippen LogP contribution is -2.57. The first-order chi connectivity index (χ1) is 11.1. The van der Waals surface area contributed by atoms with Crippen LogP contribution in [0.5, 0.6) is 5.88 Å². The van der Waals surface area contributed by atoms with Gasteiger partial charge in [0.1, 0.15) is 17.8 Å². The van der Waals surface area contributed by atoms with Crippen molar-refractivity contribution in [2.45, 2.75) is 38.5 Å². The van der Waals surface area contributed by atoms with E-state index < -0.39 is 18.2 Å². The standard InChI is InChI=1S/C16H24N2O5/c1-3-8-18(12-9-22-10-13(19)14(12)20)16(21)11-6-5-7-17-15(11)23-4-2/h5-7,12-14,19-20H,3-4,8-10H2,1-2H3/t12-,13-,14+/m1/s1. The predicted octanol–water partition coefficient (Wildman–Crippen LogP) is 0.453. The van der Waals surface area contributed by atoms with Crippen LogP contribution in [-0.4, -0.2) is 70.6 Å². The Bertz CT molecular complexity index is 525. The first kappa shape index (κ1) is 17.7. The number of pyridine rings is 1. The SMILES string of the molecule is CCCN(C(=O)c1cccnc1OCC)[C@@H]1COC[C@@H](O)[C@H]1O. The molecule has 2 N–H and O–H groups in total. The highest BCUT2D eigenvalue weighted by molar-refractivity contribution is 5.96. The first-order valence-electron chi connectivity index (χ1n) is 7.92. The third-order valence-corrected chi connectivity index (χ3v) is 3.77. The normalized spacial score (nSPS) is 24.3. The van der Waals surface area contributed by atoms with Crippen molar-refractivity contribution in [2.75, 3.05) is 26.4 Å². The highest BCUT2D eigenvalue weighted by Gasteiger charge is 2.38. The van der Waals surface area contributed by atoms with Crippen LogP contribution in [0, 0.1) is 0 Å². The van der Waals surface area contributed by atoms with E-state index in [0.29, 0.717) is 18.7 Å². The molecule has 1 aliphatic heterocycles. The van der Waals surface area contributed by atoms with Crippen molar-refractivity contribution in [3.63, 3.8) is 0 Å². The molecule has 7 nitrogen and oxygen atoms in total. The zero-order valence-electron chi connectivity index (χ0n) is 13.5. The molecule has 0 unspecified atom stereocenters. The van der Waals surface area contributed by atoms with Crippen LogP contribution in [0.1, 0.15) is 30.6 Å². The topological polar surface area (TPSA) is 92.1 Å². The molecule has 1 amide bonds. The summed E-state index contributed by atoms with van der Waals surface area (Å²) in [7, 11) is 0. The minimum absolute atomic E-state index is 0.0723. The summed E-state index contributed by atoms with van der Waals surface area (Å²) < 4.78 is 10.7. The number of aliphatic hydroxyl groups excluding tert-OH is 2. The van der Waals surface area contributed by atoms with Crippen molar-refractivity contribution in [3.8, 4) is 5.88 Å². The fraction of sp³-hybridized carbons (Fsp3) is 0.625. The van der Waals surface area contributed by atoms with Gasteiger partial charge in [0.25, 0.3) is 5.91 Å². The molecule has 23 heavy (non-hydrogen) atoms. The van der Waals surface area contributed by atoms with Crippen LogP contribution in [0.25, 0.3) is 0 Å². The average Bonchev–Trinajstić information content (AvgIpc) is 2.56. The third-order valence-electron chi connectivity index (χ3n) is 3.77. The maximum atomic E-state index is 12.9. The second kappa shape index (κ2) is 8.24. The summed E-state index contributed by atoms with van der Waals surface area (Å²) in [6.45, 7) is 4.87. The molecular weight excluding hydrogens is 300 g/mol. The predicted molar refractivity (Wildman–Crippen MR) is 83.4 cm³/mol. The number of hydrogen-bond donors (Lipinski definition) is 2. The van der Waals surface area contributed by atoms with Crippen LogP contribution < -0.4 is 4.74 Å². The van der Waals surface area contributed by atoms with Crippen LogP contribution in [0.4, 0.5) is 0 Å². The number of amides is 1. The molecule has 0 aromatic carbocycles. The number of ether oxygens (including phenoxy) is 2. The van der Waals surface area contributed by atoms with Gasteiger partial charge in [-0.2, -0.15) is 0 Å². The number of rotatable bonds is 6. The van der Waals surface area contributed by atoms with Gasteiger partial charge in [-0.15, -0.1) is 0 Å². The van der Waals surface area contributed by atoms with Crippen molar-refractivity contribution < 1.29 is 24.5 Å². The second-order valence-corrected chi connectivity index (χ2v) is 5.45. The Hall–Kier alpha value is -1.70. The highest BCUT2D eigenvalue weighted by atomic mass is 16.5. The summed E-state index contributed by atoms with van der Waals surface area (Å²) >= 11 is 0. The maximum absolute atomic E-state index is 12.9. The van der Waals surface area contributed by atoms with Gasteiger partial charge in [-0.1, -0.05) is 6.92 Å². The Kier molecular flexibility index (Phi) is 6.32. The largest absolute Gasteiger partial charge is 0.477 e. The van der Waals surface area contributed by atoms with Crippen LogP contribution in [0.3, 0.4) is 0 Å². The van der Waals surface area contributed by atoms with Crippen molar-refractivity contribution in [1.82, 2.24) is 9.88 Å². The van der Waals surface area contributed by atoms with Crippen molar-refractivity contribution in [1.29, 1.82) is 0 Å². The summed E-state index contributed by atoms with van der Waals surface area (Å²) in [6, 6.07) is 2.72.